The highest BCUT2D eigenvalue weighted by Gasteiger charge is 2.32. The molecule has 1 fully saturated rings. The van der Waals surface area contributed by atoms with E-state index in [9.17, 15) is 4.79 Å². The normalized spacial score (nSPS) is 16.2. The van der Waals surface area contributed by atoms with Crippen LogP contribution in [0.1, 0.15) is 29.3 Å². The SMILES string of the molecule is CCN1C(=O)/C(=C/c2ccccc2OCc2ccc(C)cc2)S/C1=N/c1cccc(C)n1. The fraction of sp³-hybridized carbons (Fsp3) is 0.192. The Morgan fingerprint density at radius 2 is 1.81 bits per heavy atom. The number of carbonyl (C=O) groups is 1. The number of aromatic nitrogens is 1. The number of pyridine rings is 1. The lowest BCUT2D eigenvalue weighted by Gasteiger charge is -2.12. The molecule has 162 valence electrons. The Morgan fingerprint density at radius 1 is 1.03 bits per heavy atom. The maximum absolute atomic E-state index is 13.0. The molecule has 5 nitrogen and oxygen atoms in total. The van der Waals surface area contributed by atoms with E-state index in [0.29, 0.717) is 29.0 Å². The van der Waals surface area contributed by atoms with Crippen molar-refractivity contribution in [2.75, 3.05) is 6.54 Å². The number of nitrogens with zero attached hydrogens (tertiary/aromatic N) is 3. The van der Waals surface area contributed by atoms with Gasteiger partial charge in [-0.15, -0.1) is 0 Å². The number of aryl methyl sites for hydroxylation is 2. The zero-order chi connectivity index (χ0) is 22.5. The predicted octanol–water partition coefficient (Wildman–Crippen LogP) is 5.90. The number of rotatable bonds is 6. The number of amides is 1. The van der Waals surface area contributed by atoms with Crippen LogP contribution in [-0.4, -0.2) is 27.5 Å². The quantitative estimate of drug-likeness (QED) is 0.445. The van der Waals surface area contributed by atoms with Crippen molar-refractivity contribution in [1.29, 1.82) is 0 Å². The van der Waals surface area contributed by atoms with Gasteiger partial charge in [-0.25, -0.2) is 9.98 Å². The Kier molecular flexibility index (Phi) is 6.71. The van der Waals surface area contributed by atoms with Crippen LogP contribution in [-0.2, 0) is 11.4 Å². The molecular formula is C26H25N3O2S. The number of para-hydroxylation sites is 1. The fourth-order valence-electron chi connectivity index (χ4n) is 3.28. The number of thioether (sulfide) groups is 1. The molecule has 1 amide bonds. The van der Waals surface area contributed by atoms with Gasteiger partial charge in [0.1, 0.15) is 12.4 Å². The van der Waals surface area contributed by atoms with Crippen LogP contribution in [0, 0.1) is 13.8 Å². The molecule has 0 unspecified atom stereocenters. The first-order valence-electron chi connectivity index (χ1n) is 10.5. The second-order valence-electron chi connectivity index (χ2n) is 7.50. The standard InChI is InChI=1S/C26H25N3O2S/c1-4-29-25(30)23(32-26(29)28-24-11-7-8-19(3)27-24)16-21-9-5-6-10-22(21)31-17-20-14-12-18(2)13-15-20/h5-16H,4,17H2,1-3H3/b23-16-,28-26+. The number of aliphatic imine (C=N–C) groups is 1. The Balaban J connectivity index is 1.58. The fourth-order valence-corrected chi connectivity index (χ4v) is 4.32. The molecule has 1 aliphatic rings. The van der Waals surface area contributed by atoms with Crippen molar-refractivity contribution in [3.8, 4) is 5.75 Å². The van der Waals surface area contributed by atoms with Gasteiger partial charge in [-0.1, -0.05) is 54.1 Å². The summed E-state index contributed by atoms with van der Waals surface area (Å²) < 4.78 is 6.08. The van der Waals surface area contributed by atoms with Crippen LogP contribution < -0.4 is 4.74 Å². The van der Waals surface area contributed by atoms with Crippen LogP contribution in [0.4, 0.5) is 5.82 Å². The van der Waals surface area contributed by atoms with Gasteiger partial charge >= 0.3 is 0 Å². The lowest BCUT2D eigenvalue weighted by molar-refractivity contribution is -0.122. The average molecular weight is 444 g/mol. The van der Waals surface area contributed by atoms with E-state index in [1.54, 1.807) is 4.90 Å². The van der Waals surface area contributed by atoms with E-state index in [2.05, 4.69) is 41.2 Å². The molecule has 0 spiro atoms. The van der Waals surface area contributed by atoms with Crippen molar-refractivity contribution >= 4 is 34.7 Å². The maximum atomic E-state index is 13.0. The number of carbonyl (C=O) groups excluding carboxylic acids is 1. The Hall–Kier alpha value is -3.38. The summed E-state index contributed by atoms with van der Waals surface area (Å²) in [5.74, 6) is 1.28. The van der Waals surface area contributed by atoms with Crippen LogP contribution >= 0.6 is 11.8 Å². The zero-order valence-electron chi connectivity index (χ0n) is 18.4. The number of benzene rings is 2. The summed E-state index contributed by atoms with van der Waals surface area (Å²) in [6, 6.07) is 21.7. The largest absolute Gasteiger partial charge is 0.488 e. The third kappa shape index (κ3) is 5.08. The number of hydrogen-bond acceptors (Lipinski definition) is 5. The highest BCUT2D eigenvalue weighted by molar-refractivity contribution is 8.18. The van der Waals surface area contributed by atoms with Gasteiger partial charge in [0, 0.05) is 17.8 Å². The monoisotopic (exact) mass is 443 g/mol. The zero-order valence-corrected chi connectivity index (χ0v) is 19.2. The van der Waals surface area contributed by atoms with E-state index in [4.69, 9.17) is 4.74 Å². The van der Waals surface area contributed by atoms with Crippen LogP contribution in [0.2, 0.25) is 0 Å². The number of ether oxygens (including phenoxy) is 1. The third-order valence-electron chi connectivity index (χ3n) is 5.01. The van der Waals surface area contributed by atoms with E-state index in [-0.39, 0.29) is 5.91 Å². The van der Waals surface area contributed by atoms with Crippen molar-refractivity contribution in [1.82, 2.24) is 9.88 Å². The lowest BCUT2D eigenvalue weighted by Crippen LogP contribution is -2.28. The van der Waals surface area contributed by atoms with Gasteiger partial charge in [0.15, 0.2) is 11.0 Å². The minimum absolute atomic E-state index is 0.0581. The average Bonchev–Trinajstić information content (AvgIpc) is 3.08. The van der Waals surface area contributed by atoms with Crippen LogP contribution in [0.25, 0.3) is 6.08 Å². The molecular weight excluding hydrogens is 418 g/mol. The topological polar surface area (TPSA) is 54.8 Å². The van der Waals surface area contributed by atoms with Gasteiger partial charge in [-0.3, -0.25) is 9.69 Å². The molecule has 0 atom stereocenters. The summed E-state index contributed by atoms with van der Waals surface area (Å²) in [5.41, 5.74) is 4.07. The number of likely N-dealkylation sites (N-methyl/N-ethyl adjacent to an activating group) is 1. The van der Waals surface area contributed by atoms with Crippen molar-refractivity contribution < 1.29 is 9.53 Å². The molecule has 0 bridgehead atoms. The van der Waals surface area contributed by atoms with Gasteiger partial charge in [0.2, 0.25) is 0 Å². The van der Waals surface area contributed by atoms with Crippen LogP contribution in [0.15, 0.2) is 76.6 Å². The number of hydrogen-bond donors (Lipinski definition) is 0. The molecule has 0 N–H and O–H groups in total. The van der Waals surface area contributed by atoms with E-state index < -0.39 is 0 Å². The van der Waals surface area contributed by atoms with Gasteiger partial charge < -0.3 is 4.74 Å². The lowest BCUT2D eigenvalue weighted by atomic mass is 10.1. The predicted molar refractivity (Wildman–Crippen MR) is 131 cm³/mol. The molecule has 32 heavy (non-hydrogen) atoms. The molecule has 3 aromatic rings. The highest BCUT2D eigenvalue weighted by Crippen LogP contribution is 2.35. The van der Waals surface area contributed by atoms with Crippen molar-refractivity contribution in [3.63, 3.8) is 0 Å². The highest BCUT2D eigenvalue weighted by atomic mass is 32.2. The van der Waals surface area contributed by atoms with E-state index in [1.165, 1.54) is 17.3 Å². The summed E-state index contributed by atoms with van der Waals surface area (Å²) in [6.07, 6.45) is 1.88. The molecule has 1 aliphatic heterocycles. The van der Waals surface area contributed by atoms with E-state index >= 15 is 0 Å². The molecule has 6 heteroatoms. The summed E-state index contributed by atoms with van der Waals surface area (Å²) >= 11 is 1.36. The molecule has 4 rings (SSSR count). The second-order valence-corrected chi connectivity index (χ2v) is 8.51. The summed E-state index contributed by atoms with van der Waals surface area (Å²) in [4.78, 5) is 24.4. The molecule has 0 radical (unpaired) electrons. The summed E-state index contributed by atoms with van der Waals surface area (Å²) in [6.45, 7) is 6.94. The van der Waals surface area contributed by atoms with Gasteiger partial charge in [-0.2, -0.15) is 0 Å². The van der Waals surface area contributed by atoms with Crippen molar-refractivity contribution in [2.45, 2.75) is 27.4 Å². The van der Waals surface area contributed by atoms with Gasteiger partial charge in [0.25, 0.3) is 5.91 Å². The Morgan fingerprint density at radius 3 is 2.56 bits per heavy atom. The molecule has 0 aliphatic carbocycles. The van der Waals surface area contributed by atoms with Gasteiger partial charge in [-0.05, 0) is 62.4 Å². The minimum Gasteiger partial charge on any atom is -0.488 e. The van der Waals surface area contributed by atoms with Crippen molar-refractivity contribution in [3.05, 3.63) is 94.0 Å². The third-order valence-corrected chi connectivity index (χ3v) is 6.02. The molecule has 0 saturated carbocycles. The van der Waals surface area contributed by atoms with Gasteiger partial charge in [0.05, 0.1) is 4.91 Å². The van der Waals surface area contributed by atoms with E-state index in [0.717, 1.165) is 22.6 Å². The van der Waals surface area contributed by atoms with Crippen molar-refractivity contribution in [2.24, 2.45) is 4.99 Å². The van der Waals surface area contributed by atoms with Crippen LogP contribution in [0.5, 0.6) is 5.75 Å². The molecule has 2 aromatic carbocycles. The van der Waals surface area contributed by atoms with Crippen LogP contribution in [0.3, 0.4) is 0 Å². The first-order valence-corrected chi connectivity index (χ1v) is 11.4. The molecule has 2 heterocycles. The van der Waals surface area contributed by atoms with E-state index in [1.807, 2.05) is 62.4 Å². The Labute approximate surface area is 192 Å². The second kappa shape index (κ2) is 9.83. The first kappa shape index (κ1) is 21.8. The minimum atomic E-state index is -0.0581. The first-order chi connectivity index (χ1) is 15.5. The molecule has 1 aromatic heterocycles. The summed E-state index contributed by atoms with van der Waals surface area (Å²) in [5, 5.41) is 0.639. The smallest absolute Gasteiger partial charge is 0.266 e. The number of amidine groups is 1. The summed E-state index contributed by atoms with van der Waals surface area (Å²) in [7, 11) is 0. The maximum Gasteiger partial charge on any atom is 0.266 e. The molecule has 1 saturated heterocycles. The Bertz CT molecular complexity index is 1190.